The van der Waals surface area contributed by atoms with Crippen LogP contribution in [0.1, 0.15) is 19.3 Å². The van der Waals surface area contributed by atoms with Crippen LogP contribution >= 0.6 is 0 Å². The van der Waals surface area contributed by atoms with Gasteiger partial charge in [-0.1, -0.05) is 6.42 Å². The molecular formula is C9H15N2O5. The van der Waals surface area contributed by atoms with Crippen LogP contribution in [0.2, 0.25) is 0 Å². The highest BCUT2D eigenvalue weighted by atomic mass is 16.4. The number of carbonyl (C=O) groups excluding carboxylic acids is 1. The molecule has 0 fully saturated rings. The van der Waals surface area contributed by atoms with Gasteiger partial charge in [-0.25, -0.2) is 0 Å². The zero-order chi connectivity index (χ0) is 12.7. The Labute approximate surface area is 92.4 Å². The molecule has 0 aromatic rings. The average molecular weight is 231 g/mol. The van der Waals surface area contributed by atoms with Gasteiger partial charge < -0.3 is 21.7 Å². The van der Waals surface area contributed by atoms with E-state index in [4.69, 9.17) is 21.7 Å². The zero-order valence-electron chi connectivity index (χ0n) is 8.68. The molecule has 0 aromatic heterocycles. The van der Waals surface area contributed by atoms with E-state index < -0.39 is 29.7 Å². The SMILES string of the molecule is NCCCC[C@@H](N)C(=O)[C](C(=O)O)C(=O)O. The summed E-state index contributed by atoms with van der Waals surface area (Å²) in [6.45, 7) is 0.440. The first-order chi connectivity index (χ1) is 7.41. The maximum absolute atomic E-state index is 11.4. The molecule has 16 heavy (non-hydrogen) atoms. The number of rotatable bonds is 8. The Morgan fingerprint density at radius 3 is 1.94 bits per heavy atom. The number of unbranched alkanes of at least 4 members (excludes halogenated alkanes) is 1. The maximum atomic E-state index is 11.4. The molecule has 0 bridgehead atoms. The number of hydrogen-bond donors (Lipinski definition) is 4. The van der Waals surface area contributed by atoms with Gasteiger partial charge in [-0.2, -0.15) is 0 Å². The van der Waals surface area contributed by atoms with Gasteiger partial charge in [0.15, 0.2) is 5.78 Å². The fourth-order valence-electron chi connectivity index (χ4n) is 1.13. The van der Waals surface area contributed by atoms with Gasteiger partial charge in [0.25, 0.3) is 5.92 Å². The van der Waals surface area contributed by atoms with E-state index in [2.05, 4.69) is 0 Å². The number of Topliss-reactive ketones (excluding diaryl/α,β-unsaturated/α-hetero) is 1. The first-order valence-electron chi connectivity index (χ1n) is 4.75. The van der Waals surface area contributed by atoms with Crippen LogP contribution in [-0.4, -0.2) is 40.5 Å². The third-order valence-corrected chi connectivity index (χ3v) is 1.98. The standard InChI is InChI=1S/C9H15N2O5/c10-4-2-1-3-5(11)7(12)6(8(13)14)9(15)16/h5H,1-4,10-11H2,(H,13,14)(H,15,16)/t5-/m1/s1. The quantitative estimate of drug-likeness (QED) is 0.302. The summed E-state index contributed by atoms with van der Waals surface area (Å²) in [5.41, 5.74) is 10.6. The summed E-state index contributed by atoms with van der Waals surface area (Å²) in [6, 6.07) is -1.10. The van der Waals surface area contributed by atoms with Crippen molar-refractivity contribution in [3.63, 3.8) is 0 Å². The van der Waals surface area contributed by atoms with Gasteiger partial charge in [0.2, 0.25) is 0 Å². The van der Waals surface area contributed by atoms with Crippen LogP contribution in [0.3, 0.4) is 0 Å². The van der Waals surface area contributed by atoms with Crippen LogP contribution in [0.4, 0.5) is 0 Å². The van der Waals surface area contributed by atoms with Crippen molar-refractivity contribution in [3.05, 3.63) is 5.92 Å². The van der Waals surface area contributed by atoms with E-state index in [0.29, 0.717) is 19.4 Å². The van der Waals surface area contributed by atoms with E-state index in [0.717, 1.165) is 0 Å². The summed E-state index contributed by atoms with van der Waals surface area (Å²) in [5, 5.41) is 17.0. The fraction of sp³-hybridized carbons (Fsp3) is 0.556. The molecule has 0 heterocycles. The molecule has 0 saturated heterocycles. The van der Waals surface area contributed by atoms with Crippen molar-refractivity contribution in [1.82, 2.24) is 0 Å². The largest absolute Gasteiger partial charge is 0.480 e. The number of nitrogens with two attached hydrogens (primary N) is 2. The van der Waals surface area contributed by atoms with E-state index >= 15 is 0 Å². The van der Waals surface area contributed by atoms with Crippen molar-refractivity contribution in [2.24, 2.45) is 11.5 Å². The van der Waals surface area contributed by atoms with Crippen LogP contribution in [0.5, 0.6) is 0 Å². The van der Waals surface area contributed by atoms with Crippen LogP contribution < -0.4 is 11.5 Å². The summed E-state index contributed by atoms with van der Waals surface area (Å²) in [7, 11) is 0. The van der Waals surface area contributed by atoms with Gasteiger partial charge in [0, 0.05) is 0 Å². The lowest BCUT2D eigenvalue weighted by Gasteiger charge is -2.12. The molecule has 1 radical (unpaired) electrons. The molecule has 7 heteroatoms. The van der Waals surface area contributed by atoms with Gasteiger partial charge in [-0.15, -0.1) is 0 Å². The monoisotopic (exact) mass is 231 g/mol. The Balaban J connectivity index is 4.38. The first kappa shape index (κ1) is 14.5. The first-order valence-corrected chi connectivity index (χ1v) is 4.75. The van der Waals surface area contributed by atoms with Gasteiger partial charge in [0.05, 0.1) is 6.04 Å². The van der Waals surface area contributed by atoms with Gasteiger partial charge in [0.1, 0.15) is 0 Å². The summed E-state index contributed by atoms with van der Waals surface area (Å²) >= 11 is 0. The maximum Gasteiger partial charge on any atom is 0.331 e. The van der Waals surface area contributed by atoms with Crippen molar-refractivity contribution in [2.45, 2.75) is 25.3 Å². The Morgan fingerprint density at radius 2 is 1.56 bits per heavy atom. The Kier molecular flexibility index (Phi) is 6.28. The number of aliphatic carboxylic acids is 2. The second-order valence-corrected chi connectivity index (χ2v) is 3.24. The van der Waals surface area contributed by atoms with Gasteiger partial charge in [-0.3, -0.25) is 14.4 Å². The number of carbonyl (C=O) groups is 3. The van der Waals surface area contributed by atoms with E-state index in [1.54, 1.807) is 0 Å². The minimum absolute atomic E-state index is 0.222. The third-order valence-electron chi connectivity index (χ3n) is 1.98. The third kappa shape index (κ3) is 4.37. The average Bonchev–Trinajstić information content (AvgIpc) is 2.16. The highest BCUT2D eigenvalue weighted by Gasteiger charge is 2.38. The molecule has 7 nitrogen and oxygen atoms in total. The van der Waals surface area contributed by atoms with E-state index in [1.165, 1.54) is 0 Å². The predicted octanol–water partition coefficient (Wildman–Crippen LogP) is -1.24. The lowest BCUT2D eigenvalue weighted by atomic mass is 9.95. The van der Waals surface area contributed by atoms with Crippen LogP contribution in [0.15, 0.2) is 0 Å². The fourth-order valence-corrected chi connectivity index (χ4v) is 1.13. The number of carboxylic acid groups (broad SMARTS) is 2. The molecule has 0 unspecified atom stereocenters. The van der Waals surface area contributed by atoms with E-state index in [9.17, 15) is 14.4 Å². The Bertz CT molecular complexity index is 265. The minimum atomic E-state index is -1.77. The molecule has 0 amide bonds. The molecule has 0 aromatic carbocycles. The topological polar surface area (TPSA) is 144 Å². The summed E-state index contributed by atoms with van der Waals surface area (Å²) in [5.74, 6) is -5.80. The predicted molar refractivity (Wildman–Crippen MR) is 54.4 cm³/mol. The molecule has 6 N–H and O–H groups in total. The van der Waals surface area contributed by atoms with Gasteiger partial charge in [-0.05, 0) is 19.4 Å². The smallest absolute Gasteiger partial charge is 0.331 e. The van der Waals surface area contributed by atoms with Crippen LogP contribution in [-0.2, 0) is 14.4 Å². The summed E-state index contributed by atoms with van der Waals surface area (Å²) in [4.78, 5) is 32.4. The summed E-state index contributed by atoms with van der Waals surface area (Å²) < 4.78 is 0. The molecule has 1 atom stereocenters. The van der Waals surface area contributed by atoms with Crippen molar-refractivity contribution >= 4 is 17.7 Å². The van der Waals surface area contributed by atoms with E-state index in [1.807, 2.05) is 0 Å². The second kappa shape index (κ2) is 6.91. The van der Waals surface area contributed by atoms with Crippen molar-refractivity contribution < 1.29 is 24.6 Å². The molecular weight excluding hydrogens is 216 g/mol. The number of hydrogen-bond acceptors (Lipinski definition) is 5. The van der Waals surface area contributed by atoms with Crippen molar-refractivity contribution in [3.8, 4) is 0 Å². The van der Waals surface area contributed by atoms with E-state index in [-0.39, 0.29) is 6.42 Å². The highest BCUT2D eigenvalue weighted by molar-refractivity contribution is 6.31. The van der Waals surface area contributed by atoms with Crippen molar-refractivity contribution in [2.75, 3.05) is 6.54 Å². The molecule has 91 valence electrons. The zero-order valence-corrected chi connectivity index (χ0v) is 8.68. The van der Waals surface area contributed by atoms with Crippen LogP contribution in [0, 0.1) is 5.92 Å². The van der Waals surface area contributed by atoms with Crippen molar-refractivity contribution in [1.29, 1.82) is 0 Å². The minimum Gasteiger partial charge on any atom is -0.480 e. The number of ketones is 1. The van der Waals surface area contributed by atoms with Crippen LogP contribution in [0.25, 0.3) is 0 Å². The lowest BCUT2D eigenvalue weighted by molar-refractivity contribution is -0.146. The number of carboxylic acids is 2. The molecule has 0 rings (SSSR count). The summed E-state index contributed by atoms with van der Waals surface area (Å²) in [6.07, 6.45) is 1.42. The normalized spacial score (nSPS) is 12.4. The second-order valence-electron chi connectivity index (χ2n) is 3.24. The lowest BCUT2D eigenvalue weighted by Crippen LogP contribution is -2.41. The highest BCUT2D eigenvalue weighted by Crippen LogP contribution is 2.09. The molecule has 0 saturated carbocycles. The molecule has 0 spiro atoms. The Hall–Kier alpha value is -1.47. The van der Waals surface area contributed by atoms with Gasteiger partial charge >= 0.3 is 11.9 Å². The molecule has 0 aliphatic rings. The molecule has 0 aliphatic heterocycles. The Morgan fingerprint density at radius 1 is 1.06 bits per heavy atom. The molecule has 0 aliphatic carbocycles.